The smallest absolute Gasteiger partial charge is 0.369 e. The number of primary amides is 1. The lowest BCUT2D eigenvalue weighted by molar-refractivity contribution is -0.376. The van der Waals surface area contributed by atoms with E-state index in [0.29, 0.717) is 36.8 Å². The predicted molar refractivity (Wildman–Crippen MR) is 143 cm³/mol. The third-order valence-corrected chi connectivity index (χ3v) is 8.95. The van der Waals surface area contributed by atoms with Crippen molar-refractivity contribution in [3.05, 3.63) is 38.4 Å². The van der Waals surface area contributed by atoms with E-state index >= 15 is 0 Å². The summed E-state index contributed by atoms with van der Waals surface area (Å²) >= 11 is 12.7. The predicted octanol–water partition coefficient (Wildman–Crippen LogP) is 5.69. The zero-order valence-corrected chi connectivity index (χ0v) is 24.7. The number of aliphatic hydroxyl groups is 1. The topological polar surface area (TPSA) is 126 Å². The van der Waals surface area contributed by atoms with Crippen molar-refractivity contribution in [1.29, 1.82) is 0 Å². The Hall–Kier alpha value is -2.62. The number of thiazole rings is 1. The Morgan fingerprint density at radius 3 is 2.21 bits per heavy atom. The zero-order valence-electron chi connectivity index (χ0n) is 22.3. The highest BCUT2D eigenvalue weighted by Crippen LogP contribution is 2.54. The minimum absolute atomic E-state index is 0.155. The van der Waals surface area contributed by atoms with E-state index in [-0.39, 0.29) is 33.7 Å². The highest BCUT2D eigenvalue weighted by Gasteiger charge is 2.72. The van der Waals surface area contributed by atoms with Crippen LogP contribution < -0.4 is 11.1 Å². The zero-order chi connectivity index (χ0) is 32.0. The number of carbonyl (C=O) groups excluding carboxylic acids is 3. The number of nitrogens with one attached hydrogen (secondary N) is 1. The molecule has 8 nitrogen and oxygen atoms in total. The highest BCUT2D eigenvalue weighted by molar-refractivity contribution is 7.17. The number of hydrogen-bond acceptors (Lipinski definition) is 6. The molecule has 17 heteroatoms. The van der Waals surface area contributed by atoms with Gasteiger partial charge in [0.05, 0.1) is 20.3 Å². The largest absolute Gasteiger partial charge is 0.430 e. The fraction of sp³-hybridized carbons (Fsp3) is 0.520. The Morgan fingerprint density at radius 1 is 1.10 bits per heavy atom. The van der Waals surface area contributed by atoms with Crippen LogP contribution in [0.3, 0.4) is 0 Å². The van der Waals surface area contributed by atoms with Crippen LogP contribution in [0.15, 0.2) is 12.1 Å². The summed E-state index contributed by atoms with van der Waals surface area (Å²) in [4.78, 5) is 43.6. The minimum Gasteiger partial charge on any atom is -0.369 e. The summed E-state index contributed by atoms with van der Waals surface area (Å²) in [6.07, 6.45) is -10.3. The van der Waals surface area contributed by atoms with Crippen LogP contribution in [0, 0.1) is 5.41 Å². The molecule has 3 amide bonds. The van der Waals surface area contributed by atoms with Gasteiger partial charge in [-0.05, 0) is 40.0 Å². The first-order chi connectivity index (χ1) is 19.1. The number of nitrogens with two attached hydrogens (primary N) is 1. The first kappa shape index (κ1) is 33.9. The SMILES string of the molecule is C[C@H]1CCCCN1C(=O)c1nc(C(=O)NCC(C)(C)C(N)=O)sc1-c1ccc(C(O)(C(F)(F)F)C(F)(F)F)c(Cl)c1Cl. The number of rotatable bonds is 7. The average Bonchev–Trinajstić information content (AvgIpc) is 3.32. The van der Waals surface area contributed by atoms with Gasteiger partial charge in [-0.1, -0.05) is 35.3 Å². The van der Waals surface area contributed by atoms with Crippen molar-refractivity contribution in [3.63, 3.8) is 0 Å². The number of alkyl halides is 6. The van der Waals surface area contributed by atoms with Crippen LogP contribution >= 0.6 is 34.5 Å². The Bertz CT molecular complexity index is 1380. The Balaban J connectivity index is 2.18. The van der Waals surface area contributed by atoms with Gasteiger partial charge in [0.2, 0.25) is 5.91 Å². The number of piperidine rings is 1. The number of nitrogens with zero attached hydrogens (tertiary/aromatic N) is 2. The monoisotopic (exact) mass is 662 g/mol. The number of carbonyl (C=O) groups is 3. The molecular weight excluding hydrogens is 637 g/mol. The molecule has 1 aromatic carbocycles. The molecule has 1 aliphatic rings. The highest BCUT2D eigenvalue weighted by atomic mass is 35.5. The summed E-state index contributed by atoms with van der Waals surface area (Å²) in [6, 6.07) is 0.801. The van der Waals surface area contributed by atoms with Crippen LogP contribution in [0.25, 0.3) is 10.4 Å². The second-order valence-electron chi connectivity index (χ2n) is 10.5. The maximum Gasteiger partial charge on any atom is 0.430 e. The van der Waals surface area contributed by atoms with Crippen LogP contribution in [-0.2, 0) is 10.4 Å². The molecule has 0 bridgehead atoms. The number of halogens is 8. The molecule has 2 heterocycles. The summed E-state index contributed by atoms with van der Waals surface area (Å²) in [6.45, 7) is 4.86. The van der Waals surface area contributed by atoms with Crippen molar-refractivity contribution >= 4 is 52.3 Å². The van der Waals surface area contributed by atoms with E-state index in [9.17, 15) is 45.8 Å². The molecule has 4 N–H and O–H groups in total. The van der Waals surface area contributed by atoms with E-state index in [1.807, 2.05) is 0 Å². The van der Waals surface area contributed by atoms with Crippen molar-refractivity contribution in [2.24, 2.45) is 11.1 Å². The molecule has 1 aromatic heterocycles. The Morgan fingerprint density at radius 2 is 1.69 bits per heavy atom. The van der Waals surface area contributed by atoms with Crippen molar-refractivity contribution in [3.8, 4) is 10.4 Å². The number of amides is 3. The van der Waals surface area contributed by atoms with Gasteiger partial charge < -0.3 is 21.1 Å². The molecule has 42 heavy (non-hydrogen) atoms. The van der Waals surface area contributed by atoms with Crippen LogP contribution in [0.1, 0.15) is 65.9 Å². The quantitative estimate of drug-likeness (QED) is 0.329. The van der Waals surface area contributed by atoms with E-state index < -0.39 is 56.7 Å². The third kappa shape index (κ3) is 6.19. The third-order valence-electron chi connectivity index (χ3n) is 6.98. The van der Waals surface area contributed by atoms with Crippen LogP contribution in [0.2, 0.25) is 10.0 Å². The van der Waals surface area contributed by atoms with Crippen molar-refractivity contribution < 1.29 is 45.8 Å². The maximum atomic E-state index is 13.6. The molecule has 1 aliphatic heterocycles. The fourth-order valence-corrected chi connectivity index (χ4v) is 5.84. The van der Waals surface area contributed by atoms with Gasteiger partial charge in [0.15, 0.2) is 5.01 Å². The van der Waals surface area contributed by atoms with Gasteiger partial charge in [0, 0.05) is 30.3 Å². The first-order valence-corrected chi connectivity index (χ1v) is 14.0. The summed E-state index contributed by atoms with van der Waals surface area (Å²) in [7, 11) is 0. The van der Waals surface area contributed by atoms with Gasteiger partial charge in [0.1, 0.15) is 5.69 Å². The maximum absolute atomic E-state index is 13.6. The van der Waals surface area contributed by atoms with Crippen LogP contribution in [0.5, 0.6) is 0 Å². The average molecular weight is 663 g/mol. The standard InChI is InChI=1S/C25H26Cl2F6N4O4S/c1-11-6-4-5-9-37(11)20(39)16-17(42-19(36-16)18(38)35-10-22(2,3)21(34)40)12-7-8-13(15(27)14(12)26)23(41,24(28,29)30)25(31,32)33/h7-8,11,41H,4-6,9-10H2,1-3H3,(H2,34,40)(H,35,38)/t11-/m0/s1. The van der Waals surface area contributed by atoms with Gasteiger partial charge in [-0.25, -0.2) is 4.98 Å². The first-order valence-electron chi connectivity index (χ1n) is 12.4. The summed E-state index contributed by atoms with van der Waals surface area (Å²) in [5.74, 6) is -2.19. The molecule has 0 spiro atoms. The molecule has 1 fully saturated rings. The van der Waals surface area contributed by atoms with E-state index in [1.165, 1.54) is 18.7 Å². The minimum atomic E-state index is -6.22. The normalized spacial score (nSPS) is 16.9. The van der Waals surface area contributed by atoms with E-state index in [0.717, 1.165) is 12.5 Å². The lowest BCUT2D eigenvalue weighted by atomic mass is 9.91. The van der Waals surface area contributed by atoms with E-state index in [1.54, 1.807) is 6.92 Å². The Kier molecular flexibility index (Phi) is 9.53. The van der Waals surface area contributed by atoms with Gasteiger partial charge in [-0.3, -0.25) is 14.4 Å². The van der Waals surface area contributed by atoms with Crippen LogP contribution in [-0.4, -0.2) is 64.2 Å². The van der Waals surface area contributed by atoms with Crippen LogP contribution in [0.4, 0.5) is 26.3 Å². The summed E-state index contributed by atoms with van der Waals surface area (Å²) in [5, 5.41) is 9.91. The molecule has 1 saturated heterocycles. The second kappa shape index (κ2) is 11.8. The van der Waals surface area contributed by atoms with Gasteiger partial charge in [-0.15, -0.1) is 11.3 Å². The lowest BCUT2D eigenvalue weighted by Gasteiger charge is -2.34. The van der Waals surface area contributed by atoms with Gasteiger partial charge in [-0.2, -0.15) is 26.3 Å². The molecule has 1 atom stereocenters. The molecule has 0 radical (unpaired) electrons. The van der Waals surface area contributed by atoms with Gasteiger partial charge in [0.25, 0.3) is 17.4 Å². The number of hydrogen-bond donors (Lipinski definition) is 3. The summed E-state index contributed by atoms with van der Waals surface area (Å²) in [5.41, 5.74) is -3.58. The molecule has 232 valence electrons. The second-order valence-corrected chi connectivity index (χ2v) is 12.2. The van der Waals surface area contributed by atoms with Crippen molar-refractivity contribution in [2.75, 3.05) is 13.1 Å². The van der Waals surface area contributed by atoms with E-state index in [2.05, 4.69) is 10.3 Å². The molecule has 0 saturated carbocycles. The van der Waals surface area contributed by atoms with E-state index in [4.69, 9.17) is 28.9 Å². The number of benzene rings is 1. The molecule has 3 rings (SSSR count). The lowest BCUT2D eigenvalue weighted by Crippen LogP contribution is -2.54. The molecular formula is C25H26Cl2F6N4O4S. The molecule has 0 aliphatic carbocycles. The van der Waals surface area contributed by atoms with Gasteiger partial charge >= 0.3 is 12.4 Å². The number of aromatic nitrogens is 1. The fourth-order valence-electron chi connectivity index (χ4n) is 4.21. The number of likely N-dealkylation sites (tertiary alicyclic amines) is 1. The Labute approximate surface area is 250 Å². The van der Waals surface area contributed by atoms with Crippen molar-refractivity contribution in [1.82, 2.24) is 15.2 Å². The molecule has 2 aromatic rings. The molecule has 0 unspecified atom stereocenters. The summed E-state index contributed by atoms with van der Waals surface area (Å²) < 4.78 is 81.2. The van der Waals surface area contributed by atoms with Crippen molar-refractivity contribution in [2.45, 2.75) is 64.0 Å².